The molecule has 2 aromatic carbocycles. The van der Waals surface area contributed by atoms with Crippen molar-refractivity contribution in [3.05, 3.63) is 63.9 Å². The van der Waals surface area contributed by atoms with Gasteiger partial charge in [0.05, 0.1) is 6.54 Å². The molecule has 2 aromatic rings. The molecule has 2 nitrogen and oxygen atoms in total. The molecule has 21 heavy (non-hydrogen) atoms. The Morgan fingerprint density at radius 3 is 2.76 bits per heavy atom. The van der Waals surface area contributed by atoms with Crippen LogP contribution in [-0.2, 0) is 6.61 Å². The van der Waals surface area contributed by atoms with Crippen molar-refractivity contribution in [2.24, 2.45) is 5.73 Å². The zero-order valence-corrected chi connectivity index (χ0v) is 12.4. The molecule has 0 amide bonds. The minimum absolute atomic E-state index is 0.149. The molecule has 108 valence electrons. The summed E-state index contributed by atoms with van der Waals surface area (Å²) in [6, 6.07) is 10.1. The first kappa shape index (κ1) is 15.4. The van der Waals surface area contributed by atoms with Crippen LogP contribution in [-0.4, -0.2) is 6.54 Å². The summed E-state index contributed by atoms with van der Waals surface area (Å²) in [4.78, 5) is 0. The molecule has 0 fully saturated rings. The van der Waals surface area contributed by atoms with Crippen molar-refractivity contribution in [1.29, 1.82) is 0 Å². The largest absolute Gasteiger partial charge is 0.486 e. The minimum atomic E-state index is -0.434. The minimum Gasteiger partial charge on any atom is -0.486 e. The lowest BCUT2D eigenvalue weighted by Crippen LogP contribution is -1.99. The lowest BCUT2D eigenvalue weighted by molar-refractivity contribution is 0.290. The number of halogens is 2. The van der Waals surface area contributed by atoms with E-state index < -0.39 is 5.82 Å². The van der Waals surface area contributed by atoms with Gasteiger partial charge in [-0.2, -0.15) is 0 Å². The number of ether oxygens (including phenoxy) is 1. The highest BCUT2D eigenvalue weighted by atomic mass is 35.5. The molecule has 0 radical (unpaired) electrons. The number of rotatable bonds is 3. The molecule has 0 aliphatic rings. The first-order chi connectivity index (χ1) is 10.1. The van der Waals surface area contributed by atoms with Crippen molar-refractivity contribution >= 4 is 11.6 Å². The number of hydrogen-bond donors (Lipinski definition) is 1. The first-order valence-electron chi connectivity index (χ1n) is 6.46. The van der Waals surface area contributed by atoms with E-state index >= 15 is 0 Å². The molecule has 2 rings (SSSR count). The van der Waals surface area contributed by atoms with Crippen LogP contribution >= 0.6 is 11.6 Å². The summed E-state index contributed by atoms with van der Waals surface area (Å²) in [6.07, 6.45) is 0. The molecule has 0 aliphatic heterocycles. The Labute approximate surface area is 128 Å². The third-order valence-electron chi connectivity index (χ3n) is 2.86. The summed E-state index contributed by atoms with van der Waals surface area (Å²) in [7, 11) is 0. The van der Waals surface area contributed by atoms with E-state index in [1.165, 1.54) is 6.07 Å². The molecule has 0 unspecified atom stereocenters. The van der Waals surface area contributed by atoms with Crippen molar-refractivity contribution in [2.75, 3.05) is 6.54 Å². The van der Waals surface area contributed by atoms with Crippen LogP contribution in [0.4, 0.5) is 4.39 Å². The van der Waals surface area contributed by atoms with Crippen LogP contribution in [0.15, 0.2) is 36.4 Å². The highest BCUT2D eigenvalue weighted by Gasteiger charge is 2.06. The van der Waals surface area contributed by atoms with Gasteiger partial charge in [0, 0.05) is 16.1 Å². The fraction of sp³-hybridized carbons (Fsp3) is 0.176. The highest BCUT2D eigenvalue weighted by molar-refractivity contribution is 6.31. The van der Waals surface area contributed by atoms with Crippen molar-refractivity contribution in [3.8, 4) is 17.6 Å². The van der Waals surface area contributed by atoms with Gasteiger partial charge in [-0.25, -0.2) is 4.39 Å². The van der Waals surface area contributed by atoms with Gasteiger partial charge in [0.1, 0.15) is 6.61 Å². The van der Waals surface area contributed by atoms with Gasteiger partial charge >= 0.3 is 0 Å². The Morgan fingerprint density at radius 1 is 1.24 bits per heavy atom. The van der Waals surface area contributed by atoms with Crippen molar-refractivity contribution in [3.63, 3.8) is 0 Å². The average molecular weight is 304 g/mol. The molecule has 0 saturated carbocycles. The van der Waals surface area contributed by atoms with E-state index in [1.807, 2.05) is 25.1 Å². The normalized spacial score (nSPS) is 9.90. The summed E-state index contributed by atoms with van der Waals surface area (Å²) in [6.45, 7) is 2.41. The van der Waals surface area contributed by atoms with Crippen LogP contribution in [0.25, 0.3) is 0 Å². The molecular formula is C17H15ClFNO. The van der Waals surface area contributed by atoms with Crippen LogP contribution in [0.3, 0.4) is 0 Å². The second-order valence-corrected chi connectivity index (χ2v) is 4.94. The second kappa shape index (κ2) is 7.12. The number of benzene rings is 2. The topological polar surface area (TPSA) is 35.2 Å². The smallest absolute Gasteiger partial charge is 0.165 e. The summed E-state index contributed by atoms with van der Waals surface area (Å²) in [5, 5.41) is 0.606. The number of nitrogens with two attached hydrogens (primary N) is 1. The van der Waals surface area contributed by atoms with E-state index in [0.717, 1.165) is 11.1 Å². The van der Waals surface area contributed by atoms with Gasteiger partial charge in [0.15, 0.2) is 11.6 Å². The van der Waals surface area contributed by atoms with Crippen molar-refractivity contribution in [1.82, 2.24) is 0 Å². The van der Waals surface area contributed by atoms with Gasteiger partial charge in [0.2, 0.25) is 0 Å². The third kappa shape index (κ3) is 4.22. The zero-order chi connectivity index (χ0) is 15.2. The average Bonchev–Trinajstić information content (AvgIpc) is 2.46. The Morgan fingerprint density at radius 2 is 2.05 bits per heavy atom. The van der Waals surface area contributed by atoms with Gasteiger partial charge in [-0.1, -0.05) is 35.6 Å². The molecule has 2 N–H and O–H groups in total. The summed E-state index contributed by atoms with van der Waals surface area (Å²) in [5.74, 6) is 5.28. The predicted molar refractivity (Wildman–Crippen MR) is 82.9 cm³/mol. The van der Waals surface area contributed by atoms with Crippen LogP contribution < -0.4 is 10.5 Å². The van der Waals surface area contributed by atoms with E-state index in [2.05, 4.69) is 11.8 Å². The van der Waals surface area contributed by atoms with Gasteiger partial charge in [-0.15, -0.1) is 0 Å². The highest BCUT2D eigenvalue weighted by Crippen LogP contribution is 2.23. The number of aryl methyl sites for hydroxylation is 1. The van der Waals surface area contributed by atoms with Gasteiger partial charge in [-0.3, -0.25) is 0 Å². The molecule has 0 bridgehead atoms. The predicted octanol–water partition coefficient (Wildman–Crippen LogP) is 3.68. The molecule has 0 atom stereocenters. The van der Waals surface area contributed by atoms with Gasteiger partial charge in [0.25, 0.3) is 0 Å². The maximum atomic E-state index is 13.7. The van der Waals surface area contributed by atoms with Crippen LogP contribution in [0.1, 0.15) is 16.7 Å². The van der Waals surface area contributed by atoms with Crippen LogP contribution in [0, 0.1) is 24.6 Å². The lowest BCUT2D eigenvalue weighted by Gasteiger charge is -2.09. The molecule has 0 heterocycles. The van der Waals surface area contributed by atoms with E-state index in [9.17, 15) is 4.39 Å². The SMILES string of the molecule is Cc1ccc(COc2cc(C#CCN)ccc2F)c(Cl)c1. The fourth-order valence-electron chi connectivity index (χ4n) is 1.77. The van der Waals surface area contributed by atoms with E-state index in [-0.39, 0.29) is 18.9 Å². The summed E-state index contributed by atoms with van der Waals surface area (Å²) in [5.41, 5.74) is 7.84. The molecule has 0 spiro atoms. The standard InChI is InChI=1S/C17H15ClFNO/c1-12-4-6-14(15(18)9-12)11-21-17-10-13(3-2-8-20)5-7-16(17)19/h4-7,9-10H,8,11,20H2,1H3. The van der Waals surface area contributed by atoms with Gasteiger partial charge in [-0.05, 0) is 36.8 Å². The first-order valence-corrected chi connectivity index (χ1v) is 6.84. The Hall–Kier alpha value is -2.02. The monoisotopic (exact) mass is 303 g/mol. The fourth-order valence-corrected chi connectivity index (χ4v) is 2.06. The van der Waals surface area contributed by atoms with E-state index in [4.69, 9.17) is 22.1 Å². The number of hydrogen-bond acceptors (Lipinski definition) is 2. The quantitative estimate of drug-likeness (QED) is 0.878. The molecule has 4 heteroatoms. The van der Waals surface area contributed by atoms with Crippen molar-refractivity contribution in [2.45, 2.75) is 13.5 Å². The molecule has 0 saturated heterocycles. The molecular weight excluding hydrogens is 289 g/mol. The van der Waals surface area contributed by atoms with Crippen LogP contribution in [0.5, 0.6) is 5.75 Å². The third-order valence-corrected chi connectivity index (χ3v) is 3.21. The second-order valence-electron chi connectivity index (χ2n) is 4.53. The Balaban J connectivity index is 2.15. The lowest BCUT2D eigenvalue weighted by atomic mass is 10.1. The maximum absolute atomic E-state index is 13.7. The zero-order valence-electron chi connectivity index (χ0n) is 11.6. The summed E-state index contributed by atoms with van der Waals surface area (Å²) >= 11 is 6.13. The molecule has 0 aromatic heterocycles. The molecule has 0 aliphatic carbocycles. The van der Waals surface area contributed by atoms with Crippen molar-refractivity contribution < 1.29 is 9.13 Å². The maximum Gasteiger partial charge on any atom is 0.165 e. The Bertz CT molecular complexity index is 704. The summed E-state index contributed by atoms with van der Waals surface area (Å²) < 4.78 is 19.2. The van der Waals surface area contributed by atoms with E-state index in [1.54, 1.807) is 12.1 Å². The Kier molecular flexibility index (Phi) is 5.21. The van der Waals surface area contributed by atoms with Gasteiger partial charge < -0.3 is 10.5 Å². The van der Waals surface area contributed by atoms with Crippen LogP contribution in [0.2, 0.25) is 5.02 Å². The van der Waals surface area contributed by atoms with E-state index in [0.29, 0.717) is 10.6 Å².